The number of nitrogens with zero attached hydrogens (tertiary/aromatic N) is 4. The molecule has 0 aliphatic rings. The fourth-order valence-electron chi connectivity index (χ4n) is 2.65. The molecule has 3 aromatic rings. The Hall–Kier alpha value is -3.16. The maximum Gasteiger partial charge on any atom is 0.332 e. The van der Waals surface area contributed by atoms with Crippen LogP contribution in [-0.4, -0.2) is 24.6 Å². The Balaban J connectivity index is 1.80. The number of anilines is 1. The number of nitrogens with one attached hydrogen (secondary N) is 1. The molecule has 25 heavy (non-hydrogen) atoms. The molecule has 0 atom stereocenters. The first-order valence-electron chi connectivity index (χ1n) is 7.86. The third kappa shape index (κ3) is 3.10. The summed E-state index contributed by atoms with van der Waals surface area (Å²) in [6, 6.07) is 7.52. The number of hydrogen-bond donors (Lipinski definition) is 1. The molecule has 0 aliphatic heterocycles. The lowest BCUT2D eigenvalue weighted by Crippen LogP contribution is -2.37. The number of aromatic nitrogens is 4. The number of fused-ring (bicyclic) bond motifs is 1. The van der Waals surface area contributed by atoms with Crippen LogP contribution in [0.4, 0.5) is 5.69 Å². The van der Waals surface area contributed by atoms with E-state index >= 15 is 0 Å². The van der Waals surface area contributed by atoms with Crippen molar-refractivity contribution >= 4 is 22.8 Å². The highest BCUT2D eigenvalue weighted by Crippen LogP contribution is 2.10. The number of amides is 1. The Kier molecular flexibility index (Phi) is 4.26. The zero-order valence-corrected chi connectivity index (χ0v) is 14.3. The Morgan fingerprint density at radius 1 is 1.12 bits per heavy atom. The van der Waals surface area contributed by atoms with E-state index in [1.165, 1.54) is 17.9 Å². The van der Waals surface area contributed by atoms with Crippen LogP contribution < -0.4 is 16.6 Å². The van der Waals surface area contributed by atoms with Crippen LogP contribution in [0.5, 0.6) is 0 Å². The zero-order chi connectivity index (χ0) is 18.1. The number of hydrogen-bond acceptors (Lipinski definition) is 4. The second-order valence-corrected chi connectivity index (χ2v) is 5.98. The highest BCUT2D eigenvalue weighted by molar-refractivity contribution is 5.90. The summed E-state index contributed by atoms with van der Waals surface area (Å²) in [5.74, 6) is -0.160. The second-order valence-electron chi connectivity index (χ2n) is 5.98. The van der Waals surface area contributed by atoms with Crippen LogP contribution in [0.3, 0.4) is 0 Å². The third-order valence-electron chi connectivity index (χ3n) is 4.13. The summed E-state index contributed by atoms with van der Waals surface area (Å²) in [6.45, 7) is 2.27. The molecule has 1 amide bonds. The quantitative estimate of drug-likeness (QED) is 0.759. The SMILES string of the molecule is Cc1ccc(NC(=O)CCn2cnc3c2c(=O)n(C)c(=O)n3C)cc1. The zero-order valence-electron chi connectivity index (χ0n) is 14.3. The van der Waals surface area contributed by atoms with Gasteiger partial charge in [0.25, 0.3) is 5.56 Å². The van der Waals surface area contributed by atoms with Crippen molar-refractivity contribution < 1.29 is 4.79 Å². The summed E-state index contributed by atoms with van der Waals surface area (Å²) in [6.07, 6.45) is 1.66. The molecule has 8 heteroatoms. The Bertz CT molecular complexity index is 1060. The van der Waals surface area contributed by atoms with Gasteiger partial charge >= 0.3 is 5.69 Å². The van der Waals surface area contributed by atoms with Gasteiger partial charge in [0, 0.05) is 32.7 Å². The van der Waals surface area contributed by atoms with Crippen molar-refractivity contribution in [2.45, 2.75) is 19.9 Å². The van der Waals surface area contributed by atoms with Crippen molar-refractivity contribution in [1.82, 2.24) is 18.7 Å². The first-order chi connectivity index (χ1) is 11.9. The number of imidazole rings is 1. The van der Waals surface area contributed by atoms with E-state index in [1.54, 1.807) is 11.6 Å². The molecule has 0 aliphatic carbocycles. The predicted octanol–water partition coefficient (Wildman–Crippen LogP) is 0.771. The van der Waals surface area contributed by atoms with Crippen molar-refractivity contribution in [1.29, 1.82) is 0 Å². The minimum atomic E-state index is -0.431. The summed E-state index contributed by atoms with van der Waals surface area (Å²) in [7, 11) is 2.98. The van der Waals surface area contributed by atoms with E-state index in [1.807, 2.05) is 31.2 Å². The van der Waals surface area contributed by atoms with Crippen molar-refractivity contribution in [2.75, 3.05) is 5.32 Å². The van der Waals surface area contributed by atoms with Crippen molar-refractivity contribution in [3.8, 4) is 0 Å². The van der Waals surface area contributed by atoms with E-state index in [-0.39, 0.29) is 12.3 Å². The van der Waals surface area contributed by atoms with Crippen molar-refractivity contribution in [3.05, 3.63) is 57.0 Å². The van der Waals surface area contributed by atoms with Crippen LogP contribution in [0.1, 0.15) is 12.0 Å². The topological polar surface area (TPSA) is 90.9 Å². The van der Waals surface area contributed by atoms with Crippen LogP contribution in [0, 0.1) is 6.92 Å². The maximum absolute atomic E-state index is 12.3. The molecule has 0 fully saturated rings. The Labute approximate surface area is 143 Å². The van der Waals surface area contributed by atoms with Gasteiger partial charge in [-0.3, -0.25) is 18.7 Å². The smallest absolute Gasteiger partial charge is 0.326 e. The molecule has 2 heterocycles. The molecule has 8 nitrogen and oxygen atoms in total. The fourth-order valence-corrected chi connectivity index (χ4v) is 2.65. The van der Waals surface area contributed by atoms with Crippen molar-refractivity contribution in [2.24, 2.45) is 14.1 Å². The van der Waals surface area contributed by atoms with Gasteiger partial charge in [-0.05, 0) is 19.1 Å². The molecule has 0 unspecified atom stereocenters. The van der Waals surface area contributed by atoms with Gasteiger partial charge < -0.3 is 9.88 Å². The van der Waals surface area contributed by atoms with Crippen LogP contribution in [0.25, 0.3) is 11.2 Å². The largest absolute Gasteiger partial charge is 0.332 e. The van der Waals surface area contributed by atoms with E-state index in [4.69, 9.17) is 0 Å². The minimum Gasteiger partial charge on any atom is -0.326 e. The van der Waals surface area contributed by atoms with Gasteiger partial charge in [-0.2, -0.15) is 0 Å². The molecule has 0 radical (unpaired) electrons. The average Bonchev–Trinajstić information content (AvgIpc) is 3.02. The highest BCUT2D eigenvalue weighted by atomic mass is 16.2. The lowest BCUT2D eigenvalue weighted by Gasteiger charge is -2.08. The van der Waals surface area contributed by atoms with Crippen LogP contribution in [0.2, 0.25) is 0 Å². The summed E-state index contributed by atoms with van der Waals surface area (Å²) in [4.78, 5) is 40.5. The molecule has 130 valence electrons. The van der Waals surface area contributed by atoms with E-state index in [9.17, 15) is 14.4 Å². The maximum atomic E-state index is 12.3. The van der Waals surface area contributed by atoms with Gasteiger partial charge in [0.15, 0.2) is 11.2 Å². The minimum absolute atomic E-state index is 0.160. The summed E-state index contributed by atoms with van der Waals surface area (Å²) in [5, 5.41) is 2.81. The molecular formula is C17H19N5O3. The van der Waals surface area contributed by atoms with Gasteiger partial charge in [0.05, 0.1) is 6.33 Å². The van der Waals surface area contributed by atoms with Crippen LogP contribution >= 0.6 is 0 Å². The van der Waals surface area contributed by atoms with E-state index in [0.29, 0.717) is 17.7 Å². The predicted molar refractivity (Wildman–Crippen MR) is 94.6 cm³/mol. The van der Waals surface area contributed by atoms with E-state index in [2.05, 4.69) is 10.3 Å². The molecule has 0 spiro atoms. The van der Waals surface area contributed by atoms with Crippen LogP contribution in [0.15, 0.2) is 40.2 Å². The van der Waals surface area contributed by atoms with E-state index in [0.717, 1.165) is 15.8 Å². The number of rotatable bonds is 4. The Morgan fingerprint density at radius 2 is 1.80 bits per heavy atom. The monoisotopic (exact) mass is 341 g/mol. The second kappa shape index (κ2) is 6.39. The molecule has 0 saturated carbocycles. The van der Waals surface area contributed by atoms with E-state index < -0.39 is 11.2 Å². The third-order valence-corrected chi connectivity index (χ3v) is 4.13. The fraction of sp³-hybridized carbons (Fsp3) is 0.294. The van der Waals surface area contributed by atoms with Gasteiger partial charge in [0.2, 0.25) is 5.91 Å². The number of carbonyl (C=O) groups excluding carboxylic acids is 1. The summed E-state index contributed by atoms with van der Waals surface area (Å²) in [5.41, 5.74) is 1.61. The normalized spacial score (nSPS) is 11.0. The Morgan fingerprint density at radius 3 is 2.48 bits per heavy atom. The van der Waals surface area contributed by atoms with Gasteiger partial charge in [0.1, 0.15) is 0 Å². The lowest BCUT2D eigenvalue weighted by molar-refractivity contribution is -0.116. The molecule has 0 bridgehead atoms. The summed E-state index contributed by atoms with van der Waals surface area (Å²) < 4.78 is 3.96. The van der Waals surface area contributed by atoms with Crippen molar-refractivity contribution in [3.63, 3.8) is 0 Å². The van der Waals surface area contributed by atoms with Gasteiger partial charge in [-0.1, -0.05) is 17.7 Å². The first-order valence-corrected chi connectivity index (χ1v) is 7.86. The molecule has 0 saturated heterocycles. The molecule has 3 rings (SSSR count). The molecular weight excluding hydrogens is 322 g/mol. The highest BCUT2D eigenvalue weighted by Gasteiger charge is 2.14. The van der Waals surface area contributed by atoms with Crippen LogP contribution in [-0.2, 0) is 25.4 Å². The number of carbonyl (C=O) groups is 1. The van der Waals surface area contributed by atoms with Gasteiger partial charge in [-0.15, -0.1) is 0 Å². The van der Waals surface area contributed by atoms with Gasteiger partial charge in [-0.25, -0.2) is 9.78 Å². The lowest BCUT2D eigenvalue weighted by atomic mass is 10.2. The first kappa shape index (κ1) is 16.7. The molecule has 1 aromatic carbocycles. The standard InChI is InChI=1S/C17H19N5O3/c1-11-4-6-12(7-5-11)19-13(23)8-9-22-10-18-15-14(22)16(24)21(3)17(25)20(15)2/h4-7,10H,8-9H2,1-3H3,(H,19,23). The summed E-state index contributed by atoms with van der Waals surface area (Å²) >= 11 is 0. The average molecular weight is 341 g/mol. The number of benzene rings is 1. The molecule has 2 aromatic heterocycles. The molecule has 1 N–H and O–H groups in total. The number of aryl methyl sites for hydroxylation is 3.